The Balaban J connectivity index is 1.70. The third-order valence-electron chi connectivity index (χ3n) is 4.59. The van der Waals surface area contributed by atoms with Gasteiger partial charge in [0.25, 0.3) is 11.5 Å². The maximum Gasteiger partial charge on any atom is 0.262 e. The number of nitrogens with zero attached hydrogens (tertiary/aromatic N) is 2. The van der Waals surface area contributed by atoms with Crippen molar-refractivity contribution < 1.29 is 4.79 Å². The number of carbonyl (C=O) groups excluding carboxylic acids is 1. The Labute approximate surface area is 158 Å². The zero-order valence-corrected chi connectivity index (χ0v) is 16.0. The lowest BCUT2D eigenvalue weighted by molar-refractivity contribution is 0.0927. The lowest BCUT2D eigenvalue weighted by atomic mass is 10.0. The highest BCUT2D eigenvalue weighted by molar-refractivity contribution is 7.20. The number of imidazole rings is 1. The van der Waals surface area contributed by atoms with Crippen molar-refractivity contribution in [1.82, 2.24) is 25.3 Å². The molecule has 3 aromatic heterocycles. The van der Waals surface area contributed by atoms with E-state index in [1.165, 1.54) is 17.7 Å². The Hall–Kier alpha value is -3.00. The number of para-hydroxylation sites is 2. The van der Waals surface area contributed by atoms with Crippen molar-refractivity contribution in [2.45, 2.75) is 26.8 Å². The van der Waals surface area contributed by atoms with Crippen molar-refractivity contribution in [3.63, 3.8) is 0 Å². The number of hydrogen-bond donors (Lipinski definition) is 3. The van der Waals surface area contributed by atoms with Gasteiger partial charge in [0.2, 0.25) is 0 Å². The predicted molar refractivity (Wildman–Crippen MR) is 106 cm³/mol. The van der Waals surface area contributed by atoms with Crippen molar-refractivity contribution in [2.75, 3.05) is 0 Å². The van der Waals surface area contributed by atoms with E-state index in [2.05, 4.69) is 25.3 Å². The number of nitrogens with one attached hydrogen (secondary N) is 3. The summed E-state index contributed by atoms with van der Waals surface area (Å²) in [5, 5.41) is 3.54. The fourth-order valence-electron chi connectivity index (χ4n) is 3.17. The van der Waals surface area contributed by atoms with Crippen molar-refractivity contribution in [1.29, 1.82) is 0 Å². The molecular weight excluding hydrogens is 362 g/mol. The highest BCUT2D eigenvalue weighted by Crippen LogP contribution is 2.28. The van der Waals surface area contributed by atoms with Crippen LogP contribution in [0.25, 0.3) is 21.3 Å². The van der Waals surface area contributed by atoms with Gasteiger partial charge in [0.05, 0.1) is 33.7 Å². The van der Waals surface area contributed by atoms with Gasteiger partial charge in [-0.05, 0) is 30.5 Å². The van der Waals surface area contributed by atoms with Crippen LogP contribution in [0.2, 0.25) is 0 Å². The van der Waals surface area contributed by atoms with Gasteiger partial charge in [0.15, 0.2) is 0 Å². The van der Waals surface area contributed by atoms with Gasteiger partial charge in [-0.2, -0.15) is 0 Å². The first-order chi connectivity index (χ1) is 13.0. The van der Waals surface area contributed by atoms with Gasteiger partial charge < -0.3 is 15.3 Å². The maximum absolute atomic E-state index is 13.0. The van der Waals surface area contributed by atoms with Crippen molar-refractivity contribution in [3.8, 4) is 0 Å². The summed E-state index contributed by atoms with van der Waals surface area (Å²) in [5.74, 6) is 0.620. The van der Waals surface area contributed by atoms with Gasteiger partial charge in [-0.25, -0.2) is 9.97 Å². The molecule has 0 saturated heterocycles. The quantitative estimate of drug-likeness (QED) is 0.504. The summed E-state index contributed by atoms with van der Waals surface area (Å²) in [4.78, 5) is 40.7. The number of aryl methyl sites for hydroxylation is 1. The van der Waals surface area contributed by atoms with Crippen molar-refractivity contribution >= 4 is 38.5 Å². The largest absolute Gasteiger partial charge is 0.341 e. The van der Waals surface area contributed by atoms with Crippen LogP contribution in [0.15, 0.2) is 35.4 Å². The van der Waals surface area contributed by atoms with E-state index in [1.54, 1.807) is 6.92 Å². The maximum atomic E-state index is 13.0. The van der Waals surface area contributed by atoms with E-state index in [1.807, 2.05) is 38.1 Å². The predicted octanol–water partition coefficient (Wildman–Crippen LogP) is 3.30. The van der Waals surface area contributed by atoms with Crippen LogP contribution in [-0.2, 0) is 0 Å². The number of aromatic amines is 2. The number of carbonyl (C=O) groups is 1. The number of aromatic nitrogens is 4. The number of H-pyrrole nitrogens is 2. The molecule has 0 aliphatic carbocycles. The van der Waals surface area contributed by atoms with Crippen LogP contribution < -0.4 is 10.9 Å². The van der Waals surface area contributed by atoms with Gasteiger partial charge in [0, 0.05) is 0 Å². The van der Waals surface area contributed by atoms with Crippen LogP contribution in [0.5, 0.6) is 0 Å². The topological polar surface area (TPSA) is 104 Å². The standard InChI is InChI=1S/C19H19N5O2S/c1-9(2)14(16-22-11-6-4-5-7-12(11)23-16)24-18(26)15-10(3)13-17(25)20-8-21-19(13)27-15/h4-9,14H,1-3H3,(H,22,23)(H,24,26)(H,20,21,25)/t14-/m0/s1. The number of amides is 1. The molecular formula is C19H19N5O2S. The summed E-state index contributed by atoms with van der Waals surface area (Å²) >= 11 is 1.23. The first-order valence-electron chi connectivity index (χ1n) is 8.68. The molecule has 4 aromatic rings. The summed E-state index contributed by atoms with van der Waals surface area (Å²) in [6.07, 6.45) is 1.35. The SMILES string of the molecule is Cc1c(C(=O)N[C@H](c2nc3ccccc3[nH]2)C(C)C)sc2nc[nH]c(=O)c12. The Morgan fingerprint density at radius 1 is 1.26 bits per heavy atom. The van der Waals surface area contributed by atoms with E-state index in [0.29, 0.717) is 26.5 Å². The molecule has 3 heterocycles. The van der Waals surface area contributed by atoms with Crippen LogP contribution in [-0.4, -0.2) is 25.8 Å². The molecule has 4 rings (SSSR count). The molecule has 1 atom stereocenters. The molecule has 1 aromatic carbocycles. The second kappa shape index (κ2) is 6.62. The molecule has 0 bridgehead atoms. The lowest BCUT2D eigenvalue weighted by Gasteiger charge is -2.20. The second-order valence-electron chi connectivity index (χ2n) is 6.80. The molecule has 138 valence electrons. The molecule has 0 radical (unpaired) electrons. The van der Waals surface area contributed by atoms with E-state index in [9.17, 15) is 9.59 Å². The van der Waals surface area contributed by atoms with E-state index in [4.69, 9.17) is 0 Å². The molecule has 3 N–H and O–H groups in total. The third-order valence-corrected chi connectivity index (χ3v) is 5.79. The molecule has 0 saturated carbocycles. The number of benzene rings is 1. The third kappa shape index (κ3) is 3.02. The summed E-state index contributed by atoms with van der Waals surface area (Å²) in [6.45, 7) is 5.83. The molecule has 8 heteroatoms. The van der Waals surface area contributed by atoms with Gasteiger partial charge in [-0.15, -0.1) is 11.3 Å². The molecule has 0 fully saturated rings. The summed E-state index contributed by atoms with van der Waals surface area (Å²) in [7, 11) is 0. The molecule has 27 heavy (non-hydrogen) atoms. The summed E-state index contributed by atoms with van der Waals surface area (Å²) in [5.41, 5.74) is 2.21. The average Bonchev–Trinajstić information content (AvgIpc) is 3.21. The highest BCUT2D eigenvalue weighted by atomic mass is 32.1. The monoisotopic (exact) mass is 381 g/mol. The van der Waals surface area contributed by atoms with Gasteiger partial charge >= 0.3 is 0 Å². The Morgan fingerprint density at radius 2 is 2.04 bits per heavy atom. The first kappa shape index (κ1) is 17.4. The normalized spacial score (nSPS) is 12.7. The lowest BCUT2D eigenvalue weighted by Crippen LogP contribution is -2.32. The van der Waals surface area contributed by atoms with E-state index in [-0.39, 0.29) is 23.4 Å². The zero-order chi connectivity index (χ0) is 19.1. The Morgan fingerprint density at radius 3 is 2.74 bits per heavy atom. The van der Waals surface area contributed by atoms with Crippen LogP contribution >= 0.6 is 11.3 Å². The second-order valence-corrected chi connectivity index (χ2v) is 7.80. The molecule has 1 amide bonds. The van der Waals surface area contributed by atoms with E-state index < -0.39 is 0 Å². The number of fused-ring (bicyclic) bond motifs is 2. The van der Waals surface area contributed by atoms with Crippen molar-refractivity contribution in [3.05, 3.63) is 57.2 Å². The highest BCUT2D eigenvalue weighted by Gasteiger charge is 2.25. The molecule has 0 spiro atoms. The average molecular weight is 381 g/mol. The molecule has 0 aliphatic heterocycles. The Bertz CT molecular complexity index is 1170. The minimum atomic E-state index is -0.277. The summed E-state index contributed by atoms with van der Waals surface area (Å²) < 4.78 is 0. The van der Waals surface area contributed by atoms with E-state index >= 15 is 0 Å². The van der Waals surface area contributed by atoms with Crippen LogP contribution in [0, 0.1) is 12.8 Å². The fourth-order valence-corrected chi connectivity index (χ4v) is 4.23. The first-order valence-corrected chi connectivity index (χ1v) is 9.49. The van der Waals surface area contributed by atoms with Gasteiger partial charge in [-0.1, -0.05) is 26.0 Å². The van der Waals surface area contributed by atoms with Gasteiger partial charge in [-0.3, -0.25) is 9.59 Å². The molecule has 0 aliphatic rings. The minimum absolute atomic E-state index is 0.130. The molecule has 0 unspecified atom stereocenters. The van der Waals surface area contributed by atoms with Crippen LogP contribution in [0.4, 0.5) is 0 Å². The van der Waals surface area contributed by atoms with Crippen LogP contribution in [0.1, 0.15) is 40.9 Å². The molecule has 7 nitrogen and oxygen atoms in total. The van der Waals surface area contributed by atoms with Crippen molar-refractivity contribution in [2.24, 2.45) is 5.92 Å². The Kier molecular flexibility index (Phi) is 4.27. The zero-order valence-electron chi connectivity index (χ0n) is 15.2. The summed E-state index contributed by atoms with van der Waals surface area (Å²) in [6, 6.07) is 7.49. The van der Waals surface area contributed by atoms with Gasteiger partial charge in [0.1, 0.15) is 10.7 Å². The number of rotatable bonds is 4. The van der Waals surface area contributed by atoms with Crippen LogP contribution in [0.3, 0.4) is 0 Å². The minimum Gasteiger partial charge on any atom is -0.341 e. The fraction of sp³-hybridized carbons (Fsp3) is 0.263. The number of hydrogen-bond acceptors (Lipinski definition) is 5. The smallest absolute Gasteiger partial charge is 0.262 e. The van der Waals surface area contributed by atoms with E-state index in [0.717, 1.165) is 11.0 Å². The number of thiophene rings is 1.